The number of ether oxygens (including phenoxy) is 1. The van der Waals surface area contributed by atoms with Gasteiger partial charge in [0, 0.05) is 37.2 Å². The number of nitrogens with one attached hydrogen (secondary N) is 1. The fourth-order valence-electron chi connectivity index (χ4n) is 2.64. The summed E-state index contributed by atoms with van der Waals surface area (Å²) in [5.74, 6) is 0.623. The van der Waals surface area contributed by atoms with E-state index in [2.05, 4.69) is 22.2 Å². The molecule has 0 radical (unpaired) electrons. The number of amides is 1. The van der Waals surface area contributed by atoms with Gasteiger partial charge in [-0.3, -0.25) is 9.78 Å². The molecule has 25 heavy (non-hydrogen) atoms. The quantitative estimate of drug-likeness (QED) is 0.875. The predicted octanol–water partition coefficient (Wildman–Crippen LogP) is 3.65. The Labute approximate surface area is 160 Å². The van der Waals surface area contributed by atoms with E-state index in [0.29, 0.717) is 5.56 Å². The van der Waals surface area contributed by atoms with Crippen LogP contribution >= 0.6 is 24.8 Å². The highest BCUT2D eigenvalue weighted by molar-refractivity contribution is 6.04. The second-order valence-corrected chi connectivity index (χ2v) is 5.84. The average molecular weight is 384 g/mol. The largest absolute Gasteiger partial charge is 0.490 e. The Balaban J connectivity index is 0.00000156. The smallest absolute Gasteiger partial charge is 0.257 e. The van der Waals surface area contributed by atoms with Crippen LogP contribution in [0.4, 0.5) is 5.69 Å². The summed E-state index contributed by atoms with van der Waals surface area (Å²) in [5, 5.41) is 2.88. The van der Waals surface area contributed by atoms with E-state index in [0.717, 1.165) is 37.4 Å². The van der Waals surface area contributed by atoms with E-state index in [4.69, 9.17) is 4.74 Å². The molecule has 0 atom stereocenters. The summed E-state index contributed by atoms with van der Waals surface area (Å²) in [4.78, 5) is 18.4. The molecule has 3 rings (SSSR count). The molecule has 7 heteroatoms. The Morgan fingerprint density at radius 2 is 1.96 bits per heavy atom. The van der Waals surface area contributed by atoms with E-state index < -0.39 is 0 Å². The number of hydrogen-bond donors (Lipinski definition) is 1. The molecule has 0 bridgehead atoms. The standard InChI is InChI=1S/C18H21N3O2.2ClH/c1-21-10-7-16(8-11-21)23-17-6-2-5-15(12-17)20-18(22)14-4-3-9-19-13-14;;/h2-6,9,12-13,16H,7-8,10-11H2,1H3,(H,20,22);2*1H. The van der Waals surface area contributed by atoms with E-state index in [-0.39, 0.29) is 36.8 Å². The van der Waals surface area contributed by atoms with Gasteiger partial charge in [0.2, 0.25) is 0 Å². The van der Waals surface area contributed by atoms with Gasteiger partial charge >= 0.3 is 0 Å². The van der Waals surface area contributed by atoms with Gasteiger partial charge in [0.15, 0.2) is 0 Å². The van der Waals surface area contributed by atoms with Gasteiger partial charge < -0.3 is 15.0 Å². The van der Waals surface area contributed by atoms with E-state index in [1.807, 2.05) is 24.3 Å². The summed E-state index contributed by atoms with van der Waals surface area (Å²) in [7, 11) is 2.13. The summed E-state index contributed by atoms with van der Waals surface area (Å²) in [5.41, 5.74) is 1.26. The molecule has 1 aliphatic heterocycles. The molecule has 2 heterocycles. The van der Waals surface area contributed by atoms with Crippen LogP contribution in [-0.4, -0.2) is 42.0 Å². The van der Waals surface area contributed by atoms with Crippen LogP contribution in [0.3, 0.4) is 0 Å². The SMILES string of the molecule is CN1CCC(Oc2cccc(NC(=O)c3cccnc3)c2)CC1.Cl.Cl. The minimum Gasteiger partial charge on any atom is -0.490 e. The maximum absolute atomic E-state index is 12.2. The third kappa shape index (κ3) is 6.20. The highest BCUT2D eigenvalue weighted by Crippen LogP contribution is 2.22. The molecular weight excluding hydrogens is 361 g/mol. The second kappa shape index (κ2) is 10.2. The summed E-state index contributed by atoms with van der Waals surface area (Å²) in [6, 6.07) is 11.0. The Morgan fingerprint density at radius 3 is 2.64 bits per heavy atom. The van der Waals surface area contributed by atoms with Crippen molar-refractivity contribution in [3.8, 4) is 5.75 Å². The van der Waals surface area contributed by atoms with Gasteiger partial charge in [0.1, 0.15) is 11.9 Å². The number of halogens is 2. The summed E-state index contributed by atoms with van der Waals surface area (Å²) >= 11 is 0. The molecule has 1 aromatic heterocycles. The molecule has 1 N–H and O–H groups in total. The highest BCUT2D eigenvalue weighted by atomic mass is 35.5. The van der Waals surface area contributed by atoms with Crippen LogP contribution in [0, 0.1) is 0 Å². The first-order chi connectivity index (χ1) is 11.2. The fraction of sp³-hybridized carbons (Fsp3) is 0.333. The molecule has 0 aliphatic carbocycles. The number of carbonyl (C=O) groups excluding carboxylic acids is 1. The molecule has 5 nitrogen and oxygen atoms in total. The van der Waals surface area contributed by atoms with Crippen molar-refractivity contribution in [2.45, 2.75) is 18.9 Å². The molecule has 136 valence electrons. The molecule has 1 aromatic carbocycles. The van der Waals surface area contributed by atoms with Crippen LogP contribution < -0.4 is 10.1 Å². The highest BCUT2D eigenvalue weighted by Gasteiger charge is 2.18. The lowest BCUT2D eigenvalue weighted by Crippen LogP contribution is -2.35. The third-order valence-corrected chi connectivity index (χ3v) is 3.98. The van der Waals surface area contributed by atoms with Gasteiger partial charge in [-0.15, -0.1) is 24.8 Å². The number of rotatable bonds is 4. The minimum atomic E-state index is -0.172. The zero-order valence-electron chi connectivity index (χ0n) is 14.1. The molecule has 1 fully saturated rings. The maximum Gasteiger partial charge on any atom is 0.257 e. The zero-order valence-corrected chi connectivity index (χ0v) is 15.7. The lowest BCUT2D eigenvalue weighted by molar-refractivity contribution is 0.102. The summed E-state index contributed by atoms with van der Waals surface area (Å²) in [6.45, 7) is 2.12. The number of carbonyl (C=O) groups is 1. The van der Waals surface area contributed by atoms with E-state index >= 15 is 0 Å². The molecule has 1 saturated heterocycles. The number of piperidine rings is 1. The van der Waals surface area contributed by atoms with Crippen molar-refractivity contribution in [3.63, 3.8) is 0 Å². The first-order valence-electron chi connectivity index (χ1n) is 7.87. The van der Waals surface area contributed by atoms with Crippen molar-refractivity contribution in [1.29, 1.82) is 0 Å². The molecular formula is C18H23Cl2N3O2. The Hall–Kier alpha value is -1.82. The van der Waals surface area contributed by atoms with E-state index in [9.17, 15) is 4.79 Å². The maximum atomic E-state index is 12.2. The lowest BCUT2D eigenvalue weighted by Gasteiger charge is -2.29. The van der Waals surface area contributed by atoms with Gasteiger partial charge in [0.05, 0.1) is 5.56 Å². The Kier molecular flexibility index (Phi) is 8.69. The number of anilines is 1. The monoisotopic (exact) mass is 383 g/mol. The summed E-state index contributed by atoms with van der Waals surface area (Å²) in [6.07, 6.45) is 5.50. The first-order valence-corrected chi connectivity index (χ1v) is 7.87. The zero-order chi connectivity index (χ0) is 16.1. The topological polar surface area (TPSA) is 54.5 Å². The van der Waals surface area contributed by atoms with Crippen molar-refractivity contribution >= 4 is 36.4 Å². The first kappa shape index (κ1) is 21.2. The summed E-state index contributed by atoms with van der Waals surface area (Å²) < 4.78 is 6.04. The van der Waals surface area contributed by atoms with Crippen molar-refractivity contribution in [3.05, 3.63) is 54.4 Å². The third-order valence-electron chi connectivity index (χ3n) is 3.98. The van der Waals surface area contributed by atoms with Crippen LogP contribution in [0.15, 0.2) is 48.8 Å². The number of hydrogen-bond acceptors (Lipinski definition) is 4. The number of aromatic nitrogens is 1. The van der Waals surface area contributed by atoms with Gasteiger partial charge in [-0.2, -0.15) is 0 Å². The Bertz CT molecular complexity index is 662. The van der Waals surface area contributed by atoms with Crippen molar-refractivity contribution < 1.29 is 9.53 Å². The minimum absolute atomic E-state index is 0. The van der Waals surface area contributed by atoms with E-state index in [1.165, 1.54) is 0 Å². The lowest BCUT2D eigenvalue weighted by atomic mass is 10.1. The van der Waals surface area contributed by atoms with Crippen LogP contribution in [0.2, 0.25) is 0 Å². The van der Waals surface area contributed by atoms with Crippen LogP contribution in [0.25, 0.3) is 0 Å². The normalized spacial score (nSPS) is 14.8. The van der Waals surface area contributed by atoms with Gasteiger partial charge in [0.25, 0.3) is 5.91 Å². The van der Waals surface area contributed by atoms with Crippen LogP contribution in [0.1, 0.15) is 23.2 Å². The van der Waals surface area contributed by atoms with Gasteiger partial charge in [-0.25, -0.2) is 0 Å². The van der Waals surface area contributed by atoms with Crippen molar-refractivity contribution in [2.75, 3.05) is 25.5 Å². The van der Waals surface area contributed by atoms with Crippen LogP contribution in [0.5, 0.6) is 5.75 Å². The van der Waals surface area contributed by atoms with Crippen molar-refractivity contribution in [2.24, 2.45) is 0 Å². The molecule has 1 amide bonds. The fourth-order valence-corrected chi connectivity index (χ4v) is 2.64. The predicted molar refractivity (Wildman–Crippen MR) is 104 cm³/mol. The second-order valence-electron chi connectivity index (χ2n) is 5.84. The van der Waals surface area contributed by atoms with Crippen LogP contribution in [-0.2, 0) is 0 Å². The molecule has 0 saturated carbocycles. The molecule has 0 unspecified atom stereocenters. The number of nitrogens with zero attached hydrogens (tertiary/aromatic N) is 2. The molecule has 1 aliphatic rings. The number of benzene rings is 1. The number of pyridine rings is 1. The van der Waals surface area contributed by atoms with Gasteiger partial charge in [-0.1, -0.05) is 6.07 Å². The number of likely N-dealkylation sites (tertiary alicyclic amines) is 1. The molecule has 2 aromatic rings. The molecule has 0 spiro atoms. The average Bonchev–Trinajstić information content (AvgIpc) is 2.58. The van der Waals surface area contributed by atoms with Crippen molar-refractivity contribution in [1.82, 2.24) is 9.88 Å². The Morgan fingerprint density at radius 1 is 1.20 bits per heavy atom. The van der Waals surface area contributed by atoms with E-state index in [1.54, 1.807) is 24.5 Å². The van der Waals surface area contributed by atoms with Gasteiger partial charge in [-0.05, 0) is 44.2 Å².